The lowest BCUT2D eigenvalue weighted by molar-refractivity contribution is -0.119. The van der Waals surface area contributed by atoms with Gasteiger partial charge in [0.15, 0.2) is 0 Å². The third-order valence-corrected chi connectivity index (χ3v) is 2.71. The summed E-state index contributed by atoms with van der Waals surface area (Å²) in [4.78, 5) is 22.4. The molecule has 0 aromatic heterocycles. The molecule has 0 saturated carbocycles. The van der Waals surface area contributed by atoms with E-state index in [1.54, 1.807) is 12.1 Å². The number of carbonyl (C=O) groups is 2. The molecule has 1 aromatic rings. The highest BCUT2D eigenvalue weighted by Crippen LogP contribution is 2.30. The van der Waals surface area contributed by atoms with Crippen LogP contribution in [0.3, 0.4) is 0 Å². The number of benzene rings is 1. The Bertz CT molecular complexity index is 487. The molecule has 0 radical (unpaired) electrons. The van der Waals surface area contributed by atoms with Gasteiger partial charge in [0, 0.05) is 0 Å². The molecule has 1 aliphatic rings. The van der Waals surface area contributed by atoms with Gasteiger partial charge in [-0.05, 0) is 19.1 Å². The highest BCUT2D eigenvalue weighted by Gasteiger charge is 2.30. The summed E-state index contributed by atoms with van der Waals surface area (Å²) in [5.41, 5.74) is 9.16. The number of carbonyl (C=O) groups excluding carboxylic acids is 1. The summed E-state index contributed by atoms with van der Waals surface area (Å²) in [7, 11) is 0. The van der Waals surface area contributed by atoms with E-state index in [9.17, 15) is 9.59 Å². The van der Waals surface area contributed by atoms with Crippen LogP contribution in [-0.4, -0.2) is 23.0 Å². The summed E-state index contributed by atoms with van der Waals surface area (Å²) in [5, 5.41) is 10.6. The van der Waals surface area contributed by atoms with E-state index in [0.29, 0.717) is 17.8 Å². The number of nitrogens with two attached hydrogens (primary N) is 1. The van der Waals surface area contributed by atoms with Crippen molar-refractivity contribution < 1.29 is 14.7 Å². The number of amides is 1. The zero-order valence-electron chi connectivity index (χ0n) is 9.30. The standard InChI is InChI=1S/C11H13N3O3/c1-6-5-9(15)13-14(6)10-7(11(16)17)3-2-4-8(10)12/h2-4,6H,5,12H2,1H3,(H,13,15)(H,16,17). The van der Waals surface area contributed by atoms with Gasteiger partial charge in [0.25, 0.3) is 0 Å². The van der Waals surface area contributed by atoms with E-state index in [4.69, 9.17) is 10.8 Å². The normalized spacial score (nSPS) is 19.2. The van der Waals surface area contributed by atoms with Crippen LogP contribution >= 0.6 is 0 Å². The third-order valence-electron chi connectivity index (χ3n) is 2.71. The fourth-order valence-electron chi connectivity index (χ4n) is 1.93. The Balaban J connectivity index is 2.50. The Morgan fingerprint density at radius 2 is 2.29 bits per heavy atom. The predicted molar refractivity (Wildman–Crippen MR) is 62.5 cm³/mol. The van der Waals surface area contributed by atoms with E-state index in [0.717, 1.165) is 0 Å². The van der Waals surface area contributed by atoms with Crippen LogP contribution in [0.15, 0.2) is 18.2 Å². The van der Waals surface area contributed by atoms with Gasteiger partial charge in [-0.1, -0.05) is 6.07 Å². The first kappa shape index (κ1) is 11.3. The van der Waals surface area contributed by atoms with Crippen molar-refractivity contribution in [3.63, 3.8) is 0 Å². The number of carboxylic acid groups (broad SMARTS) is 1. The molecular formula is C11H13N3O3. The molecule has 0 spiro atoms. The van der Waals surface area contributed by atoms with Crippen LogP contribution in [0.5, 0.6) is 0 Å². The number of hydrogen-bond donors (Lipinski definition) is 3. The quantitative estimate of drug-likeness (QED) is 0.652. The van der Waals surface area contributed by atoms with Gasteiger partial charge in [0.1, 0.15) is 0 Å². The molecule has 1 unspecified atom stereocenters. The summed E-state index contributed by atoms with van der Waals surface area (Å²) in [6.07, 6.45) is 0.327. The van der Waals surface area contributed by atoms with Crippen LogP contribution in [0.1, 0.15) is 23.7 Å². The molecule has 6 heteroatoms. The minimum absolute atomic E-state index is 0.0825. The second-order valence-corrected chi connectivity index (χ2v) is 4.01. The summed E-state index contributed by atoms with van der Waals surface area (Å²) in [6, 6.07) is 4.53. The van der Waals surface area contributed by atoms with Crippen LogP contribution in [0, 0.1) is 0 Å². The average Bonchev–Trinajstić information content (AvgIpc) is 2.57. The van der Waals surface area contributed by atoms with Gasteiger partial charge in [-0.3, -0.25) is 15.2 Å². The Hall–Kier alpha value is -2.24. The first-order chi connectivity index (χ1) is 8.00. The summed E-state index contributed by atoms with van der Waals surface area (Å²) in [6.45, 7) is 1.83. The van der Waals surface area contributed by atoms with E-state index in [2.05, 4.69) is 5.43 Å². The SMILES string of the molecule is CC1CC(=O)NN1c1c(N)cccc1C(=O)O. The number of nitrogens with one attached hydrogen (secondary N) is 1. The van der Waals surface area contributed by atoms with E-state index in [1.165, 1.54) is 11.1 Å². The highest BCUT2D eigenvalue weighted by molar-refractivity contribution is 5.99. The summed E-state index contributed by atoms with van der Waals surface area (Å²) in [5.74, 6) is -1.21. The molecule has 1 amide bonds. The summed E-state index contributed by atoms with van der Waals surface area (Å²) >= 11 is 0. The van der Waals surface area contributed by atoms with Gasteiger partial charge < -0.3 is 10.8 Å². The molecule has 2 rings (SSSR count). The maximum absolute atomic E-state index is 11.3. The Kier molecular flexibility index (Phi) is 2.63. The maximum Gasteiger partial charge on any atom is 0.337 e. The molecule has 1 atom stereocenters. The van der Waals surface area contributed by atoms with Gasteiger partial charge in [0.2, 0.25) is 5.91 Å². The van der Waals surface area contributed by atoms with Crippen molar-refractivity contribution in [2.45, 2.75) is 19.4 Å². The molecular weight excluding hydrogens is 222 g/mol. The van der Waals surface area contributed by atoms with Gasteiger partial charge in [0.05, 0.1) is 29.4 Å². The molecule has 0 aliphatic carbocycles. The molecule has 1 aliphatic heterocycles. The van der Waals surface area contributed by atoms with Crippen molar-refractivity contribution >= 4 is 23.3 Å². The molecule has 1 fully saturated rings. The predicted octanol–water partition coefficient (Wildman–Crippen LogP) is 0.597. The molecule has 1 aromatic carbocycles. The van der Waals surface area contributed by atoms with Crippen molar-refractivity contribution in [2.75, 3.05) is 10.7 Å². The number of carboxylic acids is 1. The van der Waals surface area contributed by atoms with E-state index < -0.39 is 5.97 Å². The van der Waals surface area contributed by atoms with Crippen LogP contribution in [0.4, 0.5) is 11.4 Å². The van der Waals surface area contributed by atoms with Gasteiger partial charge in [-0.2, -0.15) is 0 Å². The number of nitrogen functional groups attached to an aromatic ring is 1. The van der Waals surface area contributed by atoms with Crippen LogP contribution in [0.25, 0.3) is 0 Å². The number of anilines is 2. The van der Waals surface area contributed by atoms with E-state index >= 15 is 0 Å². The van der Waals surface area contributed by atoms with Crippen molar-refractivity contribution in [3.05, 3.63) is 23.8 Å². The Morgan fingerprint density at radius 1 is 1.59 bits per heavy atom. The zero-order chi connectivity index (χ0) is 12.6. The summed E-state index contributed by atoms with van der Waals surface area (Å²) < 4.78 is 0. The molecule has 17 heavy (non-hydrogen) atoms. The number of rotatable bonds is 2. The third kappa shape index (κ3) is 1.89. The van der Waals surface area contributed by atoms with Crippen molar-refractivity contribution in [1.82, 2.24) is 5.43 Å². The van der Waals surface area contributed by atoms with Gasteiger partial charge in [-0.25, -0.2) is 4.79 Å². The number of para-hydroxylation sites is 1. The fraction of sp³-hybridized carbons (Fsp3) is 0.273. The number of hydrogen-bond acceptors (Lipinski definition) is 4. The van der Waals surface area contributed by atoms with Crippen LogP contribution in [-0.2, 0) is 4.79 Å². The lowest BCUT2D eigenvalue weighted by Gasteiger charge is -2.25. The van der Waals surface area contributed by atoms with E-state index in [1.807, 2.05) is 6.92 Å². The molecule has 1 heterocycles. The second kappa shape index (κ2) is 3.97. The fourth-order valence-corrected chi connectivity index (χ4v) is 1.93. The monoisotopic (exact) mass is 235 g/mol. The van der Waals surface area contributed by atoms with Crippen molar-refractivity contribution in [1.29, 1.82) is 0 Å². The lowest BCUT2D eigenvalue weighted by atomic mass is 10.1. The maximum atomic E-state index is 11.3. The average molecular weight is 235 g/mol. The van der Waals surface area contributed by atoms with Gasteiger partial charge in [-0.15, -0.1) is 0 Å². The molecule has 1 saturated heterocycles. The Labute approximate surface area is 98.0 Å². The minimum atomic E-state index is -1.07. The van der Waals surface area contributed by atoms with Crippen LogP contribution in [0.2, 0.25) is 0 Å². The lowest BCUT2D eigenvalue weighted by Crippen LogP contribution is -2.38. The first-order valence-corrected chi connectivity index (χ1v) is 5.21. The molecule has 4 N–H and O–H groups in total. The van der Waals surface area contributed by atoms with Gasteiger partial charge >= 0.3 is 5.97 Å². The Morgan fingerprint density at radius 3 is 2.82 bits per heavy atom. The largest absolute Gasteiger partial charge is 0.478 e. The van der Waals surface area contributed by atoms with E-state index in [-0.39, 0.29) is 17.5 Å². The highest BCUT2D eigenvalue weighted by atomic mass is 16.4. The first-order valence-electron chi connectivity index (χ1n) is 5.21. The smallest absolute Gasteiger partial charge is 0.337 e. The minimum Gasteiger partial charge on any atom is -0.478 e. The molecule has 0 bridgehead atoms. The molecule has 6 nitrogen and oxygen atoms in total. The van der Waals surface area contributed by atoms with Crippen molar-refractivity contribution in [3.8, 4) is 0 Å². The number of hydrazine groups is 1. The van der Waals surface area contributed by atoms with Crippen molar-refractivity contribution in [2.24, 2.45) is 0 Å². The second-order valence-electron chi connectivity index (χ2n) is 4.01. The molecule has 90 valence electrons. The zero-order valence-corrected chi connectivity index (χ0v) is 9.30. The number of nitrogens with zero attached hydrogens (tertiary/aromatic N) is 1. The topological polar surface area (TPSA) is 95.7 Å². The van der Waals surface area contributed by atoms with Crippen LogP contribution < -0.4 is 16.2 Å². The number of aromatic carboxylic acids is 1.